The van der Waals surface area contributed by atoms with E-state index in [0.717, 1.165) is 36.8 Å². The number of hydrogen-bond donors (Lipinski definition) is 1. The molecule has 0 saturated carbocycles. The van der Waals surface area contributed by atoms with Gasteiger partial charge in [-0.1, -0.05) is 6.07 Å². The third-order valence-electron chi connectivity index (χ3n) is 5.40. The third kappa shape index (κ3) is 3.68. The van der Waals surface area contributed by atoms with Gasteiger partial charge < -0.3 is 10.2 Å². The minimum atomic E-state index is -4.56. The van der Waals surface area contributed by atoms with E-state index in [1.165, 1.54) is 30.4 Å². The van der Waals surface area contributed by atoms with Crippen LogP contribution in [0.4, 0.5) is 30.4 Å². The van der Waals surface area contributed by atoms with Crippen LogP contribution >= 0.6 is 0 Å². The SMILES string of the molecule is CN1CCCc2ccc(Nc3ncnc4nc(-c5ncccc5C(F)(F)F)cnc34)cc21. The highest BCUT2D eigenvalue weighted by Gasteiger charge is 2.34. The highest BCUT2D eigenvalue weighted by molar-refractivity contribution is 5.86. The number of alkyl halides is 3. The zero-order valence-corrected chi connectivity index (χ0v) is 17.1. The number of benzene rings is 1. The Morgan fingerprint density at radius 2 is 1.94 bits per heavy atom. The standard InChI is InChI=1S/C22H18F3N7/c1-32-9-3-4-13-6-7-14(10-17(13)32)30-20-19-21(29-12-28-20)31-16(11-27-19)18-15(22(23,24)25)5-2-8-26-18/h2,5-8,10-12H,3-4,9H2,1H3,(H,28,29,30,31). The summed E-state index contributed by atoms with van der Waals surface area (Å²) in [6.07, 6.45) is 1.45. The average Bonchev–Trinajstić information content (AvgIpc) is 2.79. The van der Waals surface area contributed by atoms with Crippen LogP contribution in [0.15, 0.2) is 49.1 Å². The number of anilines is 3. The normalized spacial score (nSPS) is 13.8. The van der Waals surface area contributed by atoms with E-state index in [1.807, 2.05) is 12.1 Å². The number of nitrogens with zero attached hydrogens (tertiary/aromatic N) is 6. The lowest BCUT2D eigenvalue weighted by molar-refractivity contribution is -0.137. The van der Waals surface area contributed by atoms with Crippen molar-refractivity contribution in [1.29, 1.82) is 0 Å². The molecular weight excluding hydrogens is 419 g/mol. The summed E-state index contributed by atoms with van der Waals surface area (Å²) in [6, 6.07) is 8.31. The largest absolute Gasteiger partial charge is 0.418 e. The van der Waals surface area contributed by atoms with Crippen LogP contribution < -0.4 is 10.2 Å². The van der Waals surface area contributed by atoms with Crippen molar-refractivity contribution < 1.29 is 13.2 Å². The van der Waals surface area contributed by atoms with Crippen LogP contribution in [-0.4, -0.2) is 38.5 Å². The van der Waals surface area contributed by atoms with Crippen LogP contribution in [0.25, 0.3) is 22.6 Å². The molecule has 0 fully saturated rings. The Bertz CT molecular complexity index is 1310. The summed E-state index contributed by atoms with van der Waals surface area (Å²) in [5, 5.41) is 3.24. The van der Waals surface area contributed by atoms with Crippen molar-refractivity contribution in [3.63, 3.8) is 0 Å². The third-order valence-corrected chi connectivity index (χ3v) is 5.40. The molecule has 1 aromatic carbocycles. The number of aryl methyl sites for hydroxylation is 1. The molecule has 0 bridgehead atoms. The molecule has 0 atom stereocenters. The Morgan fingerprint density at radius 3 is 2.78 bits per heavy atom. The molecule has 1 aliphatic heterocycles. The van der Waals surface area contributed by atoms with Gasteiger partial charge in [-0.05, 0) is 42.7 Å². The van der Waals surface area contributed by atoms with Gasteiger partial charge in [-0.15, -0.1) is 0 Å². The second-order valence-corrected chi connectivity index (χ2v) is 7.54. The fraction of sp³-hybridized carbons (Fsp3) is 0.227. The second-order valence-electron chi connectivity index (χ2n) is 7.54. The quantitative estimate of drug-likeness (QED) is 0.501. The number of nitrogens with one attached hydrogen (secondary N) is 1. The minimum absolute atomic E-state index is 0.00881. The lowest BCUT2D eigenvalue weighted by atomic mass is 10.0. The minimum Gasteiger partial charge on any atom is -0.374 e. The summed E-state index contributed by atoms with van der Waals surface area (Å²) in [5.74, 6) is 0.421. The molecule has 1 aliphatic rings. The van der Waals surface area contributed by atoms with Gasteiger partial charge in [0.25, 0.3) is 0 Å². The Hall–Kier alpha value is -3.82. The monoisotopic (exact) mass is 437 g/mol. The predicted molar refractivity (Wildman–Crippen MR) is 115 cm³/mol. The molecule has 4 heterocycles. The van der Waals surface area contributed by atoms with Crippen LogP contribution in [0, 0.1) is 0 Å². The van der Waals surface area contributed by atoms with Crippen LogP contribution in [0.5, 0.6) is 0 Å². The highest BCUT2D eigenvalue weighted by atomic mass is 19.4. The van der Waals surface area contributed by atoms with Crippen LogP contribution in [0.3, 0.4) is 0 Å². The smallest absolute Gasteiger partial charge is 0.374 e. The Balaban J connectivity index is 1.52. The first-order chi connectivity index (χ1) is 15.4. The Labute approximate surface area is 181 Å². The molecule has 1 N–H and O–H groups in total. The highest BCUT2D eigenvalue weighted by Crippen LogP contribution is 2.35. The van der Waals surface area contributed by atoms with E-state index in [1.54, 1.807) is 0 Å². The Kier molecular flexibility index (Phi) is 4.84. The number of fused-ring (bicyclic) bond motifs is 2. The fourth-order valence-electron chi connectivity index (χ4n) is 3.85. The van der Waals surface area contributed by atoms with Crippen molar-refractivity contribution in [3.05, 3.63) is 60.2 Å². The van der Waals surface area contributed by atoms with E-state index in [2.05, 4.69) is 48.3 Å². The number of rotatable bonds is 3. The first-order valence-corrected chi connectivity index (χ1v) is 10.0. The zero-order chi connectivity index (χ0) is 22.3. The van der Waals surface area contributed by atoms with E-state index >= 15 is 0 Å². The molecule has 7 nitrogen and oxygen atoms in total. The lowest BCUT2D eigenvalue weighted by Crippen LogP contribution is -2.24. The molecule has 0 aliphatic carbocycles. The summed E-state index contributed by atoms with van der Waals surface area (Å²) in [5.41, 5.74) is 2.62. The van der Waals surface area contributed by atoms with Crippen molar-refractivity contribution in [2.24, 2.45) is 0 Å². The first kappa shape index (κ1) is 20.1. The van der Waals surface area contributed by atoms with E-state index in [4.69, 9.17) is 0 Å². The number of pyridine rings is 1. The summed E-state index contributed by atoms with van der Waals surface area (Å²) in [6.45, 7) is 0.995. The van der Waals surface area contributed by atoms with E-state index < -0.39 is 11.7 Å². The van der Waals surface area contributed by atoms with Gasteiger partial charge in [0.15, 0.2) is 17.0 Å². The van der Waals surface area contributed by atoms with Gasteiger partial charge in [-0.3, -0.25) is 4.98 Å². The maximum absolute atomic E-state index is 13.4. The molecule has 10 heteroatoms. The Morgan fingerprint density at radius 1 is 1.06 bits per heavy atom. The van der Waals surface area contributed by atoms with Gasteiger partial charge in [-0.2, -0.15) is 13.2 Å². The summed E-state index contributed by atoms with van der Waals surface area (Å²) < 4.78 is 40.1. The van der Waals surface area contributed by atoms with Crippen molar-refractivity contribution in [3.8, 4) is 11.4 Å². The van der Waals surface area contributed by atoms with Crippen molar-refractivity contribution in [2.75, 3.05) is 23.8 Å². The average molecular weight is 437 g/mol. The molecule has 32 heavy (non-hydrogen) atoms. The van der Waals surface area contributed by atoms with E-state index in [9.17, 15) is 13.2 Å². The van der Waals surface area contributed by atoms with Gasteiger partial charge in [0.05, 0.1) is 11.8 Å². The summed E-state index contributed by atoms with van der Waals surface area (Å²) in [7, 11) is 2.06. The van der Waals surface area contributed by atoms with E-state index in [-0.39, 0.29) is 17.0 Å². The first-order valence-electron chi connectivity index (χ1n) is 10.0. The molecule has 0 unspecified atom stereocenters. The van der Waals surface area contributed by atoms with Crippen molar-refractivity contribution >= 4 is 28.4 Å². The topological polar surface area (TPSA) is 79.7 Å². The van der Waals surface area contributed by atoms with Crippen LogP contribution in [0.1, 0.15) is 17.5 Å². The predicted octanol–water partition coefficient (Wildman–Crippen LogP) is 4.63. The van der Waals surface area contributed by atoms with Gasteiger partial charge in [0.1, 0.15) is 17.7 Å². The molecule has 0 spiro atoms. The molecule has 4 aromatic rings. The molecule has 0 radical (unpaired) electrons. The van der Waals surface area contributed by atoms with Crippen molar-refractivity contribution in [2.45, 2.75) is 19.0 Å². The maximum atomic E-state index is 13.4. The lowest BCUT2D eigenvalue weighted by Gasteiger charge is -2.28. The van der Waals surface area contributed by atoms with E-state index in [0.29, 0.717) is 11.3 Å². The van der Waals surface area contributed by atoms with Crippen molar-refractivity contribution in [1.82, 2.24) is 24.9 Å². The fourth-order valence-corrected chi connectivity index (χ4v) is 3.85. The number of aromatic nitrogens is 5. The maximum Gasteiger partial charge on any atom is 0.418 e. The van der Waals surface area contributed by atoms with Crippen LogP contribution in [0.2, 0.25) is 0 Å². The molecule has 5 rings (SSSR count). The molecule has 3 aromatic heterocycles. The van der Waals surface area contributed by atoms with Gasteiger partial charge in [0.2, 0.25) is 0 Å². The second kappa shape index (κ2) is 7.70. The number of hydrogen-bond acceptors (Lipinski definition) is 7. The van der Waals surface area contributed by atoms with Gasteiger partial charge in [0, 0.05) is 31.2 Å². The molecule has 0 saturated heterocycles. The number of halogens is 3. The molecule has 0 amide bonds. The van der Waals surface area contributed by atoms with Gasteiger partial charge >= 0.3 is 6.18 Å². The summed E-state index contributed by atoms with van der Waals surface area (Å²) in [4.78, 5) is 23.0. The molecule has 162 valence electrons. The molecular formula is C22H18F3N7. The summed E-state index contributed by atoms with van der Waals surface area (Å²) >= 11 is 0. The van der Waals surface area contributed by atoms with Gasteiger partial charge in [-0.25, -0.2) is 19.9 Å². The van der Waals surface area contributed by atoms with Crippen LogP contribution in [-0.2, 0) is 12.6 Å². The zero-order valence-electron chi connectivity index (χ0n) is 17.1.